The molecule has 0 fully saturated rings. The zero-order valence-corrected chi connectivity index (χ0v) is 13.8. The predicted octanol–water partition coefficient (Wildman–Crippen LogP) is 4.43. The summed E-state index contributed by atoms with van der Waals surface area (Å²) >= 11 is 2.77. The second kappa shape index (κ2) is 6.55. The molecule has 0 aliphatic rings. The zero-order chi connectivity index (χ0) is 18.1. The van der Waals surface area contributed by atoms with Gasteiger partial charge >= 0.3 is 6.36 Å². The number of ether oxygens (including phenoxy) is 1. The van der Waals surface area contributed by atoms with E-state index in [9.17, 15) is 30.4 Å². The van der Waals surface area contributed by atoms with Gasteiger partial charge in [-0.2, -0.15) is 0 Å². The van der Waals surface area contributed by atoms with Gasteiger partial charge in [-0.3, -0.25) is 4.72 Å². The fourth-order valence-electron chi connectivity index (χ4n) is 1.71. The van der Waals surface area contributed by atoms with Crippen molar-refractivity contribution in [2.24, 2.45) is 0 Å². The van der Waals surface area contributed by atoms with Crippen molar-refractivity contribution in [1.82, 2.24) is 0 Å². The number of rotatable bonds is 4. The number of hydrogen-bond donors (Lipinski definition) is 1. The van der Waals surface area contributed by atoms with E-state index in [-0.39, 0.29) is 4.47 Å². The lowest BCUT2D eigenvalue weighted by Gasteiger charge is -2.15. The number of anilines is 1. The monoisotopic (exact) mass is 431 g/mol. The molecule has 0 aromatic heterocycles. The summed E-state index contributed by atoms with van der Waals surface area (Å²) < 4.78 is 93.5. The van der Waals surface area contributed by atoms with Crippen LogP contribution in [0.15, 0.2) is 45.8 Å². The lowest BCUT2D eigenvalue weighted by atomic mass is 10.3. The number of sulfonamides is 1. The molecule has 2 rings (SSSR count). The number of para-hydroxylation sites is 1. The van der Waals surface area contributed by atoms with Crippen molar-refractivity contribution in [3.8, 4) is 5.75 Å². The van der Waals surface area contributed by atoms with Crippen molar-refractivity contribution in [3.05, 3.63) is 52.5 Å². The fraction of sp³-hybridized carbons (Fsp3) is 0.0769. The number of halogens is 6. The van der Waals surface area contributed by atoms with Gasteiger partial charge in [-0.15, -0.1) is 13.2 Å². The molecular weight excluding hydrogens is 425 g/mol. The molecule has 0 unspecified atom stereocenters. The summed E-state index contributed by atoms with van der Waals surface area (Å²) in [4.78, 5) is -0.863. The molecule has 0 aliphatic carbocycles. The Labute approximate surface area is 141 Å². The van der Waals surface area contributed by atoms with E-state index < -0.39 is 44.4 Å². The molecule has 130 valence electrons. The summed E-state index contributed by atoms with van der Waals surface area (Å²) in [5.74, 6) is -3.21. The second-order valence-corrected chi connectivity index (χ2v) is 6.85. The first kappa shape index (κ1) is 18.5. The SMILES string of the molecule is O=S(=O)(Nc1c(F)cc(F)cc1Br)c1ccccc1OC(F)(F)F. The molecule has 0 radical (unpaired) electrons. The molecule has 0 amide bonds. The van der Waals surface area contributed by atoms with E-state index in [0.717, 1.165) is 30.3 Å². The van der Waals surface area contributed by atoms with Gasteiger partial charge in [0.2, 0.25) is 0 Å². The molecule has 0 aliphatic heterocycles. The second-order valence-electron chi connectivity index (χ2n) is 4.34. The normalized spacial score (nSPS) is 12.1. The molecular formula is C13H7BrF5NO3S. The number of nitrogens with one attached hydrogen (secondary N) is 1. The third-order valence-electron chi connectivity index (χ3n) is 2.61. The molecule has 0 bridgehead atoms. The highest BCUT2D eigenvalue weighted by atomic mass is 79.9. The standard InChI is InChI=1S/C13H7BrF5NO3S/c14-8-5-7(15)6-9(16)12(8)20-24(21,22)11-4-2-1-3-10(11)23-13(17,18)19/h1-6,20H. The lowest BCUT2D eigenvalue weighted by Crippen LogP contribution is -2.21. The Morgan fingerprint density at radius 1 is 1.08 bits per heavy atom. The molecule has 2 aromatic carbocycles. The van der Waals surface area contributed by atoms with Gasteiger partial charge < -0.3 is 4.74 Å². The van der Waals surface area contributed by atoms with Crippen LogP contribution in [-0.2, 0) is 10.0 Å². The van der Waals surface area contributed by atoms with Crippen LogP contribution in [0.4, 0.5) is 27.6 Å². The van der Waals surface area contributed by atoms with Crippen molar-refractivity contribution in [2.45, 2.75) is 11.3 Å². The molecule has 24 heavy (non-hydrogen) atoms. The number of alkyl halides is 3. The quantitative estimate of drug-likeness (QED) is 0.728. The molecule has 0 atom stereocenters. The van der Waals surface area contributed by atoms with Crippen molar-refractivity contribution in [2.75, 3.05) is 4.72 Å². The topological polar surface area (TPSA) is 55.4 Å². The van der Waals surface area contributed by atoms with Crippen LogP contribution >= 0.6 is 15.9 Å². The van der Waals surface area contributed by atoms with E-state index >= 15 is 0 Å². The van der Waals surface area contributed by atoms with Gasteiger partial charge in [0.15, 0.2) is 5.82 Å². The molecule has 4 nitrogen and oxygen atoms in total. The summed E-state index contributed by atoms with van der Waals surface area (Å²) in [6.07, 6.45) is -5.12. The summed E-state index contributed by atoms with van der Waals surface area (Å²) in [5, 5.41) is 0. The molecule has 11 heteroatoms. The maximum atomic E-state index is 13.7. The van der Waals surface area contributed by atoms with E-state index in [0.29, 0.717) is 6.07 Å². The third kappa shape index (κ3) is 4.35. The van der Waals surface area contributed by atoms with Crippen molar-refractivity contribution in [3.63, 3.8) is 0 Å². The predicted molar refractivity (Wildman–Crippen MR) is 78.0 cm³/mol. The van der Waals surface area contributed by atoms with Crippen LogP contribution < -0.4 is 9.46 Å². The summed E-state index contributed by atoms with van der Waals surface area (Å²) in [7, 11) is -4.64. The first-order valence-electron chi connectivity index (χ1n) is 6.02. The maximum Gasteiger partial charge on any atom is 0.573 e. The average molecular weight is 432 g/mol. The van der Waals surface area contributed by atoms with Crippen LogP contribution in [0.1, 0.15) is 0 Å². The van der Waals surface area contributed by atoms with Crippen LogP contribution in [0.3, 0.4) is 0 Å². The van der Waals surface area contributed by atoms with Crippen molar-refractivity contribution in [1.29, 1.82) is 0 Å². The van der Waals surface area contributed by atoms with Gasteiger partial charge in [-0.05, 0) is 34.1 Å². The zero-order valence-electron chi connectivity index (χ0n) is 11.4. The lowest BCUT2D eigenvalue weighted by molar-refractivity contribution is -0.275. The van der Waals surface area contributed by atoms with E-state index in [1.54, 1.807) is 4.72 Å². The number of benzene rings is 2. The fourth-order valence-corrected chi connectivity index (χ4v) is 3.57. The summed E-state index contributed by atoms with van der Waals surface area (Å²) in [6, 6.07) is 5.14. The molecule has 1 N–H and O–H groups in total. The Balaban J connectivity index is 2.46. The first-order chi connectivity index (χ1) is 11.0. The Bertz CT molecular complexity index is 847. The Morgan fingerprint density at radius 2 is 1.71 bits per heavy atom. The van der Waals surface area contributed by atoms with Crippen LogP contribution in [0, 0.1) is 11.6 Å². The maximum absolute atomic E-state index is 13.7. The van der Waals surface area contributed by atoms with Crippen LogP contribution in [0.5, 0.6) is 5.75 Å². The molecule has 0 saturated heterocycles. The Hall–Kier alpha value is -1.88. The Morgan fingerprint density at radius 3 is 2.29 bits per heavy atom. The van der Waals surface area contributed by atoms with Gasteiger partial charge in [0.25, 0.3) is 10.0 Å². The minimum absolute atomic E-state index is 0.266. The van der Waals surface area contributed by atoms with Crippen LogP contribution in [-0.4, -0.2) is 14.8 Å². The Kier molecular flexibility index (Phi) is 5.04. The minimum Gasteiger partial charge on any atom is -0.404 e. The molecule has 0 heterocycles. The minimum atomic E-state index is -5.12. The first-order valence-corrected chi connectivity index (χ1v) is 8.29. The average Bonchev–Trinajstić information content (AvgIpc) is 2.41. The smallest absolute Gasteiger partial charge is 0.404 e. The van der Waals surface area contributed by atoms with Gasteiger partial charge in [-0.1, -0.05) is 12.1 Å². The number of hydrogen-bond acceptors (Lipinski definition) is 3. The van der Waals surface area contributed by atoms with Crippen LogP contribution in [0.2, 0.25) is 0 Å². The van der Waals surface area contributed by atoms with Gasteiger partial charge in [0, 0.05) is 10.5 Å². The molecule has 0 saturated carbocycles. The van der Waals surface area contributed by atoms with E-state index in [1.165, 1.54) is 0 Å². The van der Waals surface area contributed by atoms with Crippen molar-refractivity contribution >= 4 is 31.6 Å². The van der Waals surface area contributed by atoms with Crippen LogP contribution in [0.25, 0.3) is 0 Å². The van der Waals surface area contributed by atoms with Gasteiger partial charge in [0.1, 0.15) is 16.5 Å². The van der Waals surface area contributed by atoms with Gasteiger partial charge in [0.05, 0.1) is 5.69 Å². The largest absolute Gasteiger partial charge is 0.573 e. The highest BCUT2D eigenvalue weighted by molar-refractivity contribution is 9.10. The third-order valence-corrected chi connectivity index (χ3v) is 4.62. The van der Waals surface area contributed by atoms with E-state index in [4.69, 9.17) is 0 Å². The summed E-state index contributed by atoms with van der Waals surface area (Å²) in [5.41, 5.74) is -0.654. The van der Waals surface area contributed by atoms with Crippen molar-refractivity contribution < 1.29 is 35.1 Å². The highest BCUT2D eigenvalue weighted by Gasteiger charge is 2.34. The molecule has 2 aromatic rings. The highest BCUT2D eigenvalue weighted by Crippen LogP contribution is 2.33. The van der Waals surface area contributed by atoms with E-state index in [2.05, 4.69) is 20.7 Å². The van der Waals surface area contributed by atoms with Gasteiger partial charge in [-0.25, -0.2) is 17.2 Å². The van der Waals surface area contributed by atoms with E-state index in [1.807, 2.05) is 0 Å². The molecule has 0 spiro atoms. The summed E-state index contributed by atoms with van der Waals surface area (Å²) in [6.45, 7) is 0.